The number of likely N-dealkylation sites (N-methyl/N-ethyl adjacent to an activating group) is 2. The van der Waals surface area contributed by atoms with E-state index in [1.165, 1.54) is 39.3 Å². The Hall–Kier alpha value is -2.31. The Labute approximate surface area is 207 Å². The van der Waals surface area contributed by atoms with Gasteiger partial charge >= 0.3 is 0 Å². The molecule has 0 bridgehead atoms. The van der Waals surface area contributed by atoms with Gasteiger partial charge in [0.25, 0.3) is 5.91 Å². The minimum absolute atomic E-state index is 0.00274. The number of thiophene rings is 1. The Morgan fingerprint density at radius 1 is 1.26 bits per heavy atom. The van der Waals surface area contributed by atoms with Gasteiger partial charge in [0.2, 0.25) is 15.9 Å². The first-order valence-electron chi connectivity index (χ1n) is 10.4. The zero-order valence-corrected chi connectivity index (χ0v) is 21.4. The molecule has 2 heterocycles. The Morgan fingerprint density at radius 2 is 2.00 bits per heavy atom. The molecule has 0 radical (unpaired) electrons. The number of hydrogen-bond donors (Lipinski definition) is 1. The molecule has 1 fully saturated rings. The summed E-state index contributed by atoms with van der Waals surface area (Å²) in [5, 5.41) is 0.971. The molecule has 0 aliphatic carbocycles. The Morgan fingerprint density at radius 3 is 2.62 bits per heavy atom. The molecule has 1 N–H and O–H groups in total. The molecular weight excluding hydrogens is 503 g/mol. The number of nitrogens with zero attached hydrogens (tertiary/aromatic N) is 3. The fraction of sp³-hybridized carbons (Fsp3) is 0.364. The molecule has 0 unspecified atom stereocenters. The second kappa shape index (κ2) is 11.0. The third-order valence-corrected chi connectivity index (χ3v) is 7.54. The van der Waals surface area contributed by atoms with Crippen molar-refractivity contribution >= 4 is 56.5 Å². The van der Waals surface area contributed by atoms with Crippen LogP contribution in [0.3, 0.4) is 0 Å². The van der Waals surface area contributed by atoms with Crippen molar-refractivity contribution in [1.82, 2.24) is 14.5 Å². The maximum atomic E-state index is 14.9. The van der Waals surface area contributed by atoms with Crippen LogP contribution in [0.4, 0.5) is 10.1 Å². The molecular formula is C22H26ClFN4O4S2. The molecule has 1 aliphatic heterocycles. The lowest BCUT2D eigenvalue weighted by Gasteiger charge is -2.21. The number of nitrogens with one attached hydrogen (secondary N) is 1. The molecule has 1 saturated heterocycles. The van der Waals surface area contributed by atoms with E-state index in [9.17, 15) is 22.4 Å². The van der Waals surface area contributed by atoms with Crippen molar-refractivity contribution < 1.29 is 22.4 Å². The molecule has 1 atom stereocenters. The summed E-state index contributed by atoms with van der Waals surface area (Å²) in [5.74, 6) is -1.61. The summed E-state index contributed by atoms with van der Waals surface area (Å²) < 4.78 is 42.5. The van der Waals surface area contributed by atoms with Crippen molar-refractivity contribution in [3.05, 3.63) is 56.3 Å². The van der Waals surface area contributed by atoms with Gasteiger partial charge in [-0.2, -0.15) is 4.72 Å². The van der Waals surface area contributed by atoms with Crippen LogP contribution < -0.4 is 9.62 Å². The van der Waals surface area contributed by atoms with E-state index in [1.807, 2.05) is 19.0 Å². The SMILES string of the molecule is CN(C)CCN(C)C(=O)c1ccc(N2CC[C@H](NS(=O)(=O)/C=C/c3ccc(Cl)s3)C2=O)c(F)c1. The highest BCUT2D eigenvalue weighted by Crippen LogP contribution is 2.27. The third-order valence-electron chi connectivity index (χ3n) is 5.23. The molecule has 2 amide bonds. The van der Waals surface area contributed by atoms with Gasteiger partial charge < -0.3 is 14.7 Å². The standard InChI is InChI=1S/C22H26ClFN4O4S2/c1-26(2)11-12-27(3)21(29)15-4-6-19(17(24)14-15)28-10-8-18(22(28)30)25-34(31,32)13-9-16-5-7-20(23)33-16/h4-7,9,13-14,18,25H,8,10-12H2,1-3H3/b13-9+/t18-/m0/s1. The van der Waals surface area contributed by atoms with Crippen LogP contribution in [-0.4, -0.2) is 76.9 Å². The molecule has 0 saturated carbocycles. The Balaban J connectivity index is 1.66. The molecule has 1 aromatic heterocycles. The molecule has 8 nitrogen and oxygen atoms in total. The topological polar surface area (TPSA) is 90.0 Å². The normalized spacial score (nSPS) is 16.7. The minimum Gasteiger partial charge on any atom is -0.340 e. The van der Waals surface area contributed by atoms with Gasteiger partial charge in [-0.25, -0.2) is 12.8 Å². The first kappa shape index (κ1) is 26.3. The van der Waals surface area contributed by atoms with Crippen LogP contribution in [0, 0.1) is 5.82 Å². The van der Waals surface area contributed by atoms with Crippen molar-refractivity contribution in [3.8, 4) is 0 Å². The van der Waals surface area contributed by atoms with Crippen molar-refractivity contribution in [1.29, 1.82) is 0 Å². The van der Waals surface area contributed by atoms with E-state index in [1.54, 1.807) is 19.2 Å². The maximum absolute atomic E-state index is 14.9. The highest BCUT2D eigenvalue weighted by Gasteiger charge is 2.36. The lowest BCUT2D eigenvalue weighted by molar-refractivity contribution is -0.118. The van der Waals surface area contributed by atoms with Crippen LogP contribution in [0.25, 0.3) is 6.08 Å². The number of carbonyl (C=O) groups excluding carboxylic acids is 2. The summed E-state index contributed by atoms with van der Waals surface area (Å²) in [6.07, 6.45) is 1.57. The summed E-state index contributed by atoms with van der Waals surface area (Å²) >= 11 is 7.06. The predicted molar refractivity (Wildman–Crippen MR) is 133 cm³/mol. The van der Waals surface area contributed by atoms with E-state index in [-0.39, 0.29) is 30.1 Å². The van der Waals surface area contributed by atoms with Gasteiger partial charge in [-0.15, -0.1) is 11.3 Å². The second-order valence-corrected chi connectivity index (χ2v) is 11.5. The van der Waals surface area contributed by atoms with Crippen LogP contribution in [0.1, 0.15) is 21.7 Å². The Kier molecular flexibility index (Phi) is 8.47. The lowest BCUT2D eigenvalue weighted by atomic mass is 10.1. The predicted octanol–water partition coefficient (Wildman–Crippen LogP) is 2.87. The van der Waals surface area contributed by atoms with Crippen LogP contribution in [0.5, 0.6) is 0 Å². The van der Waals surface area contributed by atoms with E-state index in [2.05, 4.69) is 4.72 Å². The molecule has 1 aliphatic rings. The zero-order chi connectivity index (χ0) is 25.0. The van der Waals surface area contributed by atoms with E-state index in [0.29, 0.717) is 22.3 Å². The van der Waals surface area contributed by atoms with Crippen molar-refractivity contribution in [2.24, 2.45) is 0 Å². The number of benzene rings is 1. The molecule has 34 heavy (non-hydrogen) atoms. The maximum Gasteiger partial charge on any atom is 0.253 e. The Bertz CT molecular complexity index is 1200. The quantitative estimate of drug-likeness (QED) is 0.540. The smallest absolute Gasteiger partial charge is 0.253 e. The summed E-state index contributed by atoms with van der Waals surface area (Å²) in [4.78, 5) is 30.6. The first-order valence-corrected chi connectivity index (χ1v) is 13.2. The van der Waals surface area contributed by atoms with E-state index in [4.69, 9.17) is 11.6 Å². The van der Waals surface area contributed by atoms with Crippen LogP contribution in [0.2, 0.25) is 4.34 Å². The van der Waals surface area contributed by atoms with Gasteiger partial charge in [0.05, 0.1) is 10.0 Å². The average Bonchev–Trinajstić information content (AvgIpc) is 3.35. The molecule has 1 aromatic carbocycles. The van der Waals surface area contributed by atoms with Crippen molar-refractivity contribution in [3.63, 3.8) is 0 Å². The largest absolute Gasteiger partial charge is 0.340 e. The molecule has 0 spiro atoms. The van der Waals surface area contributed by atoms with Gasteiger partial charge in [-0.3, -0.25) is 9.59 Å². The van der Waals surface area contributed by atoms with Gasteiger partial charge in [0.15, 0.2) is 0 Å². The summed E-state index contributed by atoms with van der Waals surface area (Å²) in [5.41, 5.74) is 0.174. The first-order chi connectivity index (χ1) is 16.0. The van der Waals surface area contributed by atoms with Crippen molar-refractivity contribution in [2.45, 2.75) is 12.5 Å². The monoisotopic (exact) mass is 528 g/mol. The third kappa shape index (κ3) is 6.63. The van der Waals surface area contributed by atoms with Gasteiger partial charge in [0, 0.05) is 42.5 Å². The van der Waals surface area contributed by atoms with E-state index < -0.39 is 27.8 Å². The van der Waals surface area contributed by atoms with Gasteiger partial charge in [0.1, 0.15) is 11.9 Å². The minimum atomic E-state index is -3.90. The summed E-state index contributed by atoms with van der Waals surface area (Å²) in [6.45, 7) is 1.29. The summed E-state index contributed by atoms with van der Waals surface area (Å²) in [7, 11) is 1.52. The number of hydrogen-bond acceptors (Lipinski definition) is 6. The number of halogens is 2. The average molecular weight is 529 g/mol. The second-order valence-electron chi connectivity index (χ2n) is 8.13. The number of rotatable bonds is 9. The summed E-state index contributed by atoms with van der Waals surface area (Å²) in [6, 6.07) is 6.26. The zero-order valence-electron chi connectivity index (χ0n) is 19.0. The van der Waals surface area contributed by atoms with Gasteiger partial charge in [-0.1, -0.05) is 11.6 Å². The number of carbonyl (C=O) groups is 2. The lowest BCUT2D eigenvalue weighted by Crippen LogP contribution is -2.41. The number of sulfonamides is 1. The fourth-order valence-corrected chi connectivity index (χ4v) is 5.44. The fourth-order valence-electron chi connectivity index (χ4n) is 3.37. The van der Waals surface area contributed by atoms with Crippen LogP contribution in [0.15, 0.2) is 35.7 Å². The molecule has 2 aromatic rings. The van der Waals surface area contributed by atoms with E-state index in [0.717, 1.165) is 11.5 Å². The molecule has 12 heteroatoms. The number of anilines is 1. The highest BCUT2D eigenvalue weighted by atomic mass is 35.5. The highest BCUT2D eigenvalue weighted by molar-refractivity contribution is 7.92. The van der Waals surface area contributed by atoms with Crippen molar-refractivity contribution in [2.75, 3.05) is 45.7 Å². The van der Waals surface area contributed by atoms with Crippen LogP contribution >= 0.6 is 22.9 Å². The van der Waals surface area contributed by atoms with Crippen LogP contribution in [-0.2, 0) is 14.8 Å². The molecule has 184 valence electrons. The van der Waals surface area contributed by atoms with E-state index >= 15 is 0 Å². The van der Waals surface area contributed by atoms with Gasteiger partial charge in [-0.05, 0) is 56.9 Å². The number of amides is 2. The molecule has 3 rings (SSSR count).